The highest BCUT2D eigenvalue weighted by Crippen LogP contribution is 1.45. The molecular formula is C2H7BN2O. The van der Waals surface area contributed by atoms with Crippen LogP contribution in [0.3, 0.4) is 0 Å². The van der Waals surface area contributed by atoms with Gasteiger partial charge in [0.15, 0.2) is 0 Å². The third kappa shape index (κ3) is 3.33. The Morgan fingerprint density at radius 3 is 2.50 bits per heavy atom. The number of nitrogens with one attached hydrogen (secondary N) is 1. The lowest BCUT2D eigenvalue weighted by atomic mass is 10.2. The normalized spacial score (nSPS) is 7.33. The molecule has 0 fully saturated rings. The van der Waals surface area contributed by atoms with E-state index in [1.165, 1.54) is 0 Å². The SMILES string of the molecule is BCNC(N)=O. The van der Waals surface area contributed by atoms with E-state index in [2.05, 4.69) is 11.1 Å². The van der Waals surface area contributed by atoms with Gasteiger partial charge in [-0.2, -0.15) is 0 Å². The minimum absolute atomic E-state index is 0.461. The highest BCUT2D eigenvalue weighted by molar-refractivity contribution is 6.09. The molecule has 0 atom stereocenters. The van der Waals surface area contributed by atoms with E-state index in [9.17, 15) is 4.79 Å². The third-order valence-corrected chi connectivity index (χ3v) is 0.351. The zero-order chi connectivity index (χ0) is 4.99. The summed E-state index contributed by atoms with van der Waals surface area (Å²) in [4.78, 5) is 9.71. The largest absolute Gasteiger partial charge is 0.352 e. The van der Waals surface area contributed by atoms with E-state index >= 15 is 0 Å². The van der Waals surface area contributed by atoms with Crippen LogP contribution in [-0.4, -0.2) is 20.3 Å². The molecule has 6 heavy (non-hydrogen) atoms. The molecule has 3 nitrogen and oxygen atoms in total. The second-order valence-electron chi connectivity index (χ2n) is 0.895. The lowest BCUT2D eigenvalue weighted by Crippen LogP contribution is -2.29. The number of hydrogen-bond donors (Lipinski definition) is 2. The van der Waals surface area contributed by atoms with Crippen LogP contribution in [0.15, 0.2) is 0 Å². The molecular weight excluding hydrogens is 78.8 g/mol. The van der Waals surface area contributed by atoms with Crippen LogP contribution in [0.2, 0.25) is 0 Å². The molecule has 0 heterocycles. The summed E-state index contributed by atoms with van der Waals surface area (Å²) in [5, 5.41) is 2.35. The number of carbonyl (C=O) groups is 1. The van der Waals surface area contributed by atoms with Gasteiger partial charge in [-0.3, -0.25) is 0 Å². The van der Waals surface area contributed by atoms with Gasteiger partial charge in [-0.1, -0.05) is 0 Å². The van der Waals surface area contributed by atoms with Crippen molar-refractivity contribution in [2.24, 2.45) is 5.73 Å². The summed E-state index contributed by atoms with van der Waals surface area (Å²) in [5.74, 6) is 0. The Hall–Kier alpha value is -0.665. The molecule has 4 heteroatoms. The van der Waals surface area contributed by atoms with Crippen molar-refractivity contribution in [1.82, 2.24) is 5.32 Å². The topological polar surface area (TPSA) is 55.1 Å². The zero-order valence-electron chi connectivity index (χ0n) is 3.69. The van der Waals surface area contributed by atoms with Gasteiger partial charge in [0.25, 0.3) is 0 Å². The van der Waals surface area contributed by atoms with Gasteiger partial charge in [-0.05, 0) is 6.44 Å². The van der Waals surface area contributed by atoms with Gasteiger partial charge in [-0.25, -0.2) is 4.79 Å². The lowest BCUT2D eigenvalue weighted by Gasteiger charge is -1.88. The summed E-state index contributed by atoms with van der Waals surface area (Å²) >= 11 is 0. The second kappa shape index (κ2) is 2.57. The van der Waals surface area contributed by atoms with Crippen molar-refractivity contribution in [2.45, 2.75) is 0 Å². The summed E-state index contributed by atoms with van der Waals surface area (Å²) in [6.07, 6.45) is 0.606. The zero-order valence-corrected chi connectivity index (χ0v) is 3.69. The van der Waals surface area contributed by atoms with Crippen molar-refractivity contribution >= 4 is 13.9 Å². The number of urea groups is 1. The first kappa shape index (κ1) is 5.33. The van der Waals surface area contributed by atoms with E-state index in [4.69, 9.17) is 0 Å². The van der Waals surface area contributed by atoms with Gasteiger partial charge in [0.1, 0.15) is 7.85 Å². The first-order valence-electron chi connectivity index (χ1n) is 1.80. The smallest absolute Gasteiger partial charge is 0.311 e. The monoisotopic (exact) mass is 86.1 g/mol. The molecule has 0 radical (unpaired) electrons. The number of carbonyl (C=O) groups excluding carboxylic acids is 1. The van der Waals surface area contributed by atoms with Crippen LogP contribution in [0, 0.1) is 0 Å². The molecule has 0 rings (SSSR count). The summed E-state index contributed by atoms with van der Waals surface area (Å²) in [6, 6.07) is -0.461. The average molecular weight is 85.9 g/mol. The molecule has 0 bridgehead atoms. The number of nitrogens with two attached hydrogens (primary N) is 1. The Balaban J connectivity index is 2.83. The van der Waals surface area contributed by atoms with E-state index in [1.807, 2.05) is 7.85 Å². The molecule has 0 spiro atoms. The predicted octanol–water partition coefficient (Wildman–Crippen LogP) is -1.75. The summed E-state index contributed by atoms with van der Waals surface area (Å²) in [6.45, 7) is 0. The van der Waals surface area contributed by atoms with Gasteiger partial charge in [0.2, 0.25) is 0 Å². The van der Waals surface area contributed by atoms with Crippen molar-refractivity contribution in [2.75, 3.05) is 6.44 Å². The number of rotatable bonds is 1. The highest BCUT2D eigenvalue weighted by atomic mass is 16.2. The molecule has 0 aliphatic rings. The van der Waals surface area contributed by atoms with Crippen molar-refractivity contribution in [1.29, 1.82) is 0 Å². The minimum atomic E-state index is -0.461. The molecule has 0 saturated heterocycles. The van der Waals surface area contributed by atoms with Crippen LogP contribution in [0.5, 0.6) is 0 Å². The Morgan fingerprint density at radius 1 is 2.00 bits per heavy atom. The fourth-order valence-corrected chi connectivity index (χ4v) is 0.174. The molecule has 0 aliphatic heterocycles. The Bertz CT molecular complexity index is 55.5. The van der Waals surface area contributed by atoms with Crippen LogP contribution in [0.4, 0.5) is 4.79 Å². The van der Waals surface area contributed by atoms with Crippen molar-refractivity contribution in [3.63, 3.8) is 0 Å². The number of primary amides is 1. The molecule has 2 amide bonds. The fourth-order valence-electron chi connectivity index (χ4n) is 0.174. The second-order valence-corrected chi connectivity index (χ2v) is 0.895. The molecule has 3 N–H and O–H groups in total. The first-order valence-corrected chi connectivity index (χ1v) is 1.80. The molecule has 0 saturated carbocycles. The van der Waals surface area contributed by atoms with Crippen molar-refractivity contribution in [3.05, 3.63) is 0 Å². The number of amides is 2. The molecule has 0 unspecified atom stereocenters. The van der Waals surface area contributed by atoms with Crippen LogP contribution in [0.25, 0.3) is 0 Å². The molecule has 34 valence electrons. The maximum Gasteiger partial charge on any atom is 0.311 e. The first-order chi connectivity index (χ1) is 2.77. The van der Waals surface area contributed by atoms with Gasteiger partial charge >= 0.3 is 6.03 Å². The van der Waals surface area contributed by atoms with Gasteiger partial charge in [0, 0.05) is 0 Å². The number of hydrogen-bond acceptors (Lipinski definition) is 1. The van der Waals surface area contributed by atoms with Gasteiger partial charge in [0.05, 0.1) is 0 Å². The molecule has 0 aromatic rings. The average Bonchev–Trinajstić information content (AvgIpc) is 1.35. The van der Waals surface area contributed by atoms with E-state index in [1.54, 1.807) is 0 Å². The van der Waals surface area contributed by atoms with Crippen LogP contribution >= 0.6 is 0 Å². The maximum absolute atomic E-state index is 9.71. The van der Waals surface area contributed by atoms with Gasteiger partial charge < -0.3 is 11.1 Å². The maximum atomic E-state index is 9.71. The van der Waals surface area contributed by atoms with Crippen molar-refractivity contribution < 1.29 is 4.79 Å². The minimum Gasteiger partial charge on any atom is -0.352 e. The van der Waals surface area contributed by atoms with Crippen LogP contribution in [0.1, 0.15) is 0 Å². The summed E-state index contributed by atoms with van der Waals surface area (Å²) < 4.78 is 0. The van der Waals surface area contributed by atoms with E-state index in [0.717, 1.165) is 0 Å². The Morgan fingerprint density at radius 2 is 2.50 bits per heavy atom. The Kier molecular flexibility index (Phi) is 2.28. The molecule has 0 aliphatic carbocycles. The highest BCUT2D eigenvalue weighted by Gasteiger charge is 1.79. The summed E-state index contributed by atoms with van der Waals surface area (Å²) in [7, 11) is 1.81. The van der Waals surface area contributed by atoms with E-state index < -0.39 is 6.03 Å². The summed E-state index contributed by atoms with van der Waals surface area (Å²) in [5.41, 5.74) is 4.65. The van der Waals surface area contributed by atoms with Crippen molar-refractivity contribution in [3.8, 4) is 0 Å². The quantitative estimate of drug-likeness (QED) is 0.365. The lowest BCUT2D eigenvalue weighted by molar-refractivity contribution is 0.250. The molecule has 0 aromatic heterocycles. The Labute approximate surface area is 37.3 Å². The van der Waals surface area contributed by atoms with Gasteiger partial charge in [-0.15, -0.1) is 0 Å². The van der Waals surface area contributed by atoms with Crippen LogP contribution < -0.4 is 11.1 Å². The standard InChI is InChI=1S/C2H7BN2O/c3-1-5-2(4)6/h1,3H2,(H3,4,5,6). The predicted molar refractivity (Wildman–Crippen MR) is 26.1 cm³/mol. The fraction of sp³-hybridized carbons (Fsp3) is 0.500. The molecule has 0 aromatic carbocycles. The van der Waals surface area contributed by atoms with Crippen LogP contribution in [-0.2, 0) is 0 Å². The third-order valence-electron chi connectivity index (χ3n) is 0.351. The van der Waals surface area contributed by atoms with E-state index in [-0.39, 0.29) is 0 Å². The van der Waals surface area contributed by atoms with E-state index in [0.29, 0.717) is 6.44 Å².